The molecule has 0 aliphatic rings. The molecule has 0 unspecified atom stereocenters. The standard InChI is InChI=1S/C16H16F2N2/c1-10-4-5-11(2)14(8-10)12(3)19-20-16-7-6-13(17)9-15(16)18/h4-9,20H,1-3H3/b19-12-. The number of halogens is 2. The van der Waals surface area contributed by atoms with Crippen LogP contribution in [-0.4, -0.2) is 5.71 Å². The van der Waals surface area contributed by atoms with Gasteiger partial charge in [-0.2, -0.15) is 5.10 Å². The fourth-order valence-corrected chi connectivity index (χ4v) is 1.91. The van der Waals surface area contributed by atoms with E-state index in [1.165, 1.54) is 12.1 Å². The second kappa shape index (κ2) is 5.82. The summed E-state index contributed by atoms with van der Waals surface area (Å²) in [4.78, 5) is 0. The van der Waals surface area contributed by atoms with Crippen LogP contribution in [0.25, 0.3) is 0 Å². The molecule has 0 aliphatic carbocycles. The molecule has 2 aromatic carbocycles. The monoisotopic (exact) mass is 274 g/mol. The Morgan fingerprint density at radius 1 is 1.05 bits per heavy atom. The highest BCUT2D eigenvalue weighted by Gasteiger charge is 2.05. The second-order valence-electron chi connectivity index (χ2n) is 4.75. The molecule has 0 radical (unpaired) electrons. The minimum Gasteiger partial charge on any atom is -0.275 e. The zero-order valence-electron chi connectivity index (χ0n) is 11.7. The van der Waals surface area contributed by atoms with Gasteiger partial charge in [0.2, 0.25) is 0 Å². The molecule has 1 N–H and O–H groups in total. The first-order valence-electron chi connectivity index (χ1n) is 6.30. The molecular formula is C16H16F2N2. The SMILES string of the molecule is C/C(=N/Nc1ccc(F)cc1F)c1cc(C)ccc1C. The lowest BCUT2D eigenvalue weighted by Gasteiger charge is -2.08. The third kappa shape index (κ3) is 3.20. The van der Waals surface area contributed by atoms with Crippen LogP contribution >= 0.6 is 0 Å². The van der Waals surface area contributed by atoms with Crippen molar-refractivity contribution in [1.82, 2.24) is 0 Å². The second-order valence-corrected chi connectivity index (χ2v) is 4.75. The molecule has 20 heavy (non-hydrogen) atoms. The normalized spacial score (nSPS) is 11.6. The molecule has 4 heteroatoms. The van der Waals surface area contributed by atoms with Gasteiger partial charge in [-0.3, -0.25) is 5.43 Å². The van der Waals surface area contributed by atoms with Crippen molar-refractivity contribution in [2.45, 2.75) is 20.8 Å². The molecule has 104 valence electrons. The van der Waals surface area contributed by atoms with Crippen LogP contribution < -0.4 is 5.43 Å². The maximum Gasteiger partial charge on any atom is 0.151 e. The Morgan fingerprint density at radius 3 is 2.50 bits per heavy atom. The van der Waals surface area contributed by atoms with E-state index in [9.17, 15) is 8.78 Å². The summed E-state index contributed by atoms with van der Waals surface area (Å²) in [5, 5.41) is 4.16. The molecule has 0 fully saturated rings. The van der Waals surface area contributed by atoms with Crippen molar-refractivity contribution < 1.29 is 8.78 Å². The predicted octanol–water partition coefficient (Wildman–Crippen LogP) is 4.42. The van der Waals surface area contributed by atoms with E-state index >= 15 is 0 Å². The van der Waals surface area contributed by atoms with Gasteiger partial charge in [0.25, 0.3) is 0 Å². The fraction of sp³-hybridized carbons (Fsp3) is 0.188. The molecule has 0 aliphatic heterocycles. The van der Waals surface area contributed by atoms with Gasteiger partial charge in [0.15, 0.2) is 5.82 Å². The van der Waals surface area contributed by atoms with Gasteiger partial charge in [0.1, 0.15) is 5.82 Å². The molecule has 0 saturated heterocycles. The maximum absolute atomic E-state index is 13.5. The van der Waals surface area contributed by atoms with E-state index < -0.39 is 11.6 Å². The summed E-state index contributed by atoms with van der Waals surface area (Å²) in [6.45, 7) is 5.84. The van der Waals surface area contributed by atoms with Crippen molar-refractivity contribution >= 4 is 11.4 Å². The van der Waals surface area contributed by atoms with E-state index in [-0.39, 0.29) is 5.69 Å². The molecule has 0 spiro atoms. The summed E-state index contributed by atoms with van der Waals surface area (Å²) in [7, 11) is 0. The van der Waals surface area contributed by atoms with Crippen LogP contribution in [-0.2, 0) is 0 Å². The van der Waals surface area contributed by atoms with Gasteiger partial charge in [-0.05, 0) is 44.5 Å². The molecule has 2 nitrogen and oxygen atoms in total. The Labute approximate surface area is 117 Å². The summed E-state index contributed by atoms with van der Waals surface area (Å²) >= 11 is 0. The van der Waals surface area contributed by atoms with Crippen LogP contribution in [0.3, 0.4) is 0 Å². The molecule has 0 heterocycles. The number of nitrogens with one attached hydrogen (secondary N) is 1. The third-order valence-corrected chi connectivity index (χ3v) is 3.06. The Kier molecular flexibility index (Phi) is 4.13. The molecule has 2 aromatic rings. The predicted molar refractivity (Wildman–Crippen MR) is 78.1 cm³/mol. The number of hydrogen-bond acceptors (Lipinski definition) is 2. The number of hydrogen-bond donors (Lipinski definition) is 1. The van der Waals surface area contributed by atoms with Crippen LogP contribution in [0.4, 0.5) is 14.5 Å². The van der Waals surface area contributed by atoms with Crippen molar-refractivity contribution in [3.8, 4) is 0 Å². The highest BCUT2D eigenvalue weighted by atomic mass is 19.1. The van der Waals surface area contributed by atoms with Gasteiger partial charge in [-0.1, -0.05) is 17.7 Å². The third-order valence-electron chi connectivity index (χ3n) is 3.06. The molecule has 0 atom stereocenters. The Bertz CT molecular complexity index is 664. The van der Waals surface area contributed by atoms with Crippen molar-refractivity contribution in [1.29, 1.82) is 0 Å². The first kappa shape index (κ1) is 14.2. The number of nitrogens with zero attached hydrogens (tertiary/aromatic N) is 1. The summed E-state index contributed by atoms with van der Waals surface area (Å²) in [6, 6.07) is 9.40. The minimum absolute atomic E-state index is 0.149. The number of anilines is 1. The van der Waals surface area contributed by atoms with E-state index in [1.807, 2.05) is 39.0 Å². The van der Waals surface area contributed by atoms with Crippen LogP contribution in [0, 0.1) is 25.5 Å². The Hall–Kier alpha value is -2.23. The maximum atomic E-state index is 13.5. The smallest absolute Gasteiger partial charge is 0.151 e. The van der Waals surface area contributed by atoms with Gasteiger partial charge in [-0.25, -0.2) is 8.78 Å². The van der Waals surface area contributed by atoms with E-state index in [2.05, 4.69) is 10.5 Å². The van der Waals surface area contributed by atoms with Gasteiger partial charge in [0, 0.05) is 11.6 Å². The molecule has 0 amide bonds. The lowest BCUT2D eigenvalue weighted by Crippen LogP contribution is -2.03. The fourth-order valence-electron chi connectivity index (χ4n) is 1.91. The van der Waals surface area contributed by atoms with E-state index in [0.29, 0.717) is 0 Å². The van der Waals surface area contributed by atoms with Crippen molar-refractivity contribution in [2.75, 3.05) is 5.43 Å². The first-order chi connectivity index (χ1) is 9.47. The van der Waals surface area contributed by atoms with E-state index in [4.69, 9.17) is 0 Å². The summed E-state index contributed by atoms with van der Waals surface area (Å²) in [6.07, 6.45) is 0. The average molecular weight is 274 g/mol. The van der Waals surface area contributed by atoms with Crippen LogP contribution in [0.1, 0.15) is 23.6 Å². The Balaban J connectivity index is 2.24. The number of benzene rings is 2. The zero-order chi connectivity index (χ0) is 14.7. The van der Waals surface area contributed by atoms with Gasteiger partial charge in [-0.15, -0.1) is 0 Å². The Morgan fingerprint density at radius 2 is 1.80 bits per heavy atom. The first-order valence-corrected chi connectivity index (χ1v) is 6.30. The summed E-state index contributed by atoms with van der Waals surface area (Å²) in [5.41, 5.74) is 6.75. The van der Waals surface area contributed by atoms with Crippen LogP contribution in [0.5, 0.6) is 0 Å². The number of aryl methyl sites for hydroxylation is 2. The topological polar surface area (TPSA) is 24.4 Å². The van der Waals surface area contributed by atoms with E-state index in [0.717, 1.165) is 28.5 Å². The molecular weight excluding hydrogens is 258 g/mol. The van der Waals surface area contributed by atoms with Gasteiger partial charge in [0.05, 0.1) is 11.4 Å². The van der Waals surface area contributed by atoms with E-state index in [1.54, 1.807) is 0 Å². The molecule has 2 rings (SSSR count). The van der Waals surface area contributed by atoms with Crippen molar-refractivity contribution in [2.24, 2.45) is 5.10 Å². The average Bonchev–Trinajstić information content (AvgIpc) is 2.40. The highest BCUT2D eigenvalue weighted by molar-refractivity contribution is 6.00. The van der Waals surface area contributed by atoms with Crippen LogP contribution in [0.15, 0.2) is 41.5 Å². The van der Waals surface area contributed by atoms with Crippen molar-refractivity contribution in [3.63, 3.8) is 0 Å². The summed E-state index contributed by atoms with van der Waals surface area (Å²) < 4.78 is 26.3. The lowest BCUT2D eigenvalue weighted by molar-refractivity contribution is 0.585. The van der Waals surface area contributed by atoms with Gasteiger partial charge >= 0.3 is 0 Å². The molecule has 0 saturated carbocycles. The number of rotatable bonds is 3. The highest BCUT2D eigenvalue weighted by Crippen LogP contribution is 2.16. The lowest BCUT2D eigenvalue weighted by atomic mass is 10.0. The van der Waals surface area contributed by atoms with Gasteiger partial charge < -0.3 is 0 Å². The van der Waals surface area contributed by atoms with Crippen LogP contribution in [0.2, 0.25) is 0 Å². The largest absolute Gasteiger partial charge is 0.275 e. The number of hydrazone groups is 1. The molecule has 0 bridgehead atoms. The quantitative estimate of drug-likeness (QED) is 0.650. The summed E-state index contributed by atoms with van der Waals surface area (Å²) in [5.74, 6) is -1.27. The molecule has 0 aromatic heterocycles. The minimum atomic E-state index is -0.664. The zero-order valence-corrected chi connectivity index (χ0v) is 11.7. The van der Waals surface area contributed by atoms with Crippen molar-refractivity contribution in [3.05, 3.63) is 64.7 Å².